The number of carbonyl (C=O) groups excluding carboxylic acids is 2. The first-order chi connectivity index (χ1) is 15.0. The molecule has 1 saturated carbocycles. The summed E-state index contributed by atoms with van der Waals surface area (Å²) in [5.41, 5.74) is 1.24. The normalized spacial score (nSPS) is 47.2. The van der Waals surface area contributed by atoms with Crippen LogP contribution in [0, 0.1) is 17.8 Å². The zero-order valence-corrected chi connectivity index (χ0v) is 19.8. The molecule has 3 saturated heterocycles. The maximum Gasteiger partial charge on any atom is 0.341 e. The molecule has 3 heterocycles. The lowest BCUT2D eigenvalue weighted by Gasteiger charge is -2.31. The summed E-state index contributed by atoms with van der Waals surface area (Å²) < 4.78 is 29.9. The minimum Gasteiger partial charge on any atom is -0.459 e. The van der Waals surface area contributed by atoms with E-state index in [-0.39, 0.29) is 24.2 Å². The van der Waals surface area contributed by atoms with E-state index in [9.17, 15) is 9.59 Å². The molecule has 5 rings (SSSR count). The van der Waals surface area contributed by atoms with Gasteiger partial charge in [-0.25, -0.2) is 9.59 Å². The highest BCUT2D eigenvalue weighted by Gasteiger charge is 2.74. The smallest absolute Gasteiger partial charge is 0.341 e. The molecule has 0 aromatic rings. The Morgan fingerprint density at radius 1 is 1.31 bits per heavy atom. The van der Waals surface area contributed by atoms with Crippen molar-refractivity contribution in [2.24, 2.45) is 17.8 Å². The van der Waals surface area contributed by atoms with E-state index in [2.05, 4.69) is 34.3 Å². The van der Waals surface area contributed by atoms with E-state index in [4.69, 9.17) is 23.7 Å². The van der Waals surface area contributed by atoms with Gasteiger partial charge in [0.2, 0.25) is 0 Å². The Balaban J connectivity index is 1.48. The second-order valence-electron chi connectivity index (χ2n) is 10.6. The van der Waals surface area contributed by atoms with Gasteiger partial charge in [0.1, 0.15) is 30.0 Å². The van der Waals surface area contributed by atoms with Crippen LogP contribution in [0.25, 0.3) is 0 Å². The summed E-state index contributed by atoms with van der Waals surface area (Å²) >= 11 is 0. The largest absolute Gasteiger partial charge is 0.459 e. The fourth-order valence-corrected chi connectivity index (χ4v) is 5.86. The van der Waals surface area contributed by atoms with Crippen molar-refractivity contribution in [2.45, 2.75) is 96.1 Å². The van der Waals surface area contributed by atoms with Crippen LogP contribution >= 0.6 is 0 Å². The average molecular weight is 447 g/mol. The van der Waals surface area contributed by atoms with Crippen LogP contribution in [0.2, 0.25) is 0 Å². The molecule has 4 fully saturated rings. The number of carbonyl (C=O) groups is 2. The Morgan fingerprint density at radius 2 is 2.00 bits per heavy atom. The Labute approximate surface area is 189 Å². The minimum atomic E-state index is -0.928. The van der Waals surface area contributed by atoms with E-state index in [0.717, 1.165) is 17.6 Å². The van der Waals surface area contributed by atoms with Crippen LogP contribution < -0.4 is 0 Å². The predicted molar refractivity (Wildman–Crippen MR) is 115 cm³/mol. The third kappa shape index (κ3) is 3.04. The summed E-state index contributed by atoms with van der Waals surface area (Å²) in [6, 6.07) is 0. The van der Waals surface area contributed by atoms with Crippen LogP contribution in [0.5, 0.6) is 0 Å². The summed E-state index contributed by atoms with van der Waals surface area (Å²) in [5.74, 6) is -0.943. The zero-order chi connectivity index (χ0) is 23.2. The Morgan fingerprint density at radius 3 is 2.62 bits per heavy atom. The third-order valence-electron chi connectivity index (χ3n) is 8.47. The van der Waals surface area contributed by atoms with Gasteiger partial charge in [-0.3, -0.25) is 0 Å². The van der Waals surface area contributed by atoms with E-state index < -0.39 is 41.3 Å². The Kier molecular flexibility index (Phi) is 4.94. The molecular formula is C25H34O7. The number of esters is 2. The van der Waals surface area contributed by atoms with Crippen molar-refractivity contribution in [2.75, 3.05) is 6.61 Å². The van der Waals surface area contributed by atoms with Gasteiger partial charge in [0.15, 0.2) is 5.60 Å². The quantitative estimate of drug-likeness (QED) is 0.268. The highest BCUT2D eigenvalue weighted by molar-refractivity contribution is 5.91. The maximum absolute atomic E-state index is 12.9. The van der Waals surface area contributed by atoms with Gasteiger partial charge in [-0.1, -0.05) is 32.4 Å². The first kappa shape index (κ1) is 22.1. The monoisotopic (exact) mass is 446 g/mol. The van der Waals surface area contributed by atoms with Gasteiger partial charge >= 0.3 is 11.9 Å². The molecule has 0 spiro atoms. The van der Waals surface area contributed by atoms with Crippen molar-refractivity contribution in [1.29, 1.82) is 0 Å². The van der Waals surface area contributed by atoms with Gasteiger partial charge in [0, 0.05) is 12.0 Å². The van der Waals surface area contributed by atoms with Crippen molar-refractivity contribution in [3.8, 4) is 0 Å². The molecule has 0 N–H and O–H groups in total. The number of hydrogen-bond donors (Lipinski definition) is 0. The fraction of sp³-hybridized carbons (Fsp3) is 0.760. The van der Waals surface area contributed by atoms with Gasteiger partial charge in [0.25, 0.3) is 0 Å². The number of epoxide rings is 2. The average Bonchev–Trinajstić information content (AvgIpc) is 3.54. The molecule has 3 unspecified atom stereocenters. The second kappa shape index (κ2) is 7.15. The van der Waals surface area contributed by atoms with Gasteiger partial charge in [-0.2, -0.15) is 0 Å². The van der Waals surface area contributed by atoms with E-state index in [1.54, 1.807) is 6.92 Å². The van der Waals surface area contributed by atoms with Gasteiger partial charge in [0.05, 0.1) is 24.5 Å². The highest BCUT2D eigenvalue weighted by atomic mass is 16.7. The molecular weight excluding hydrogens is 412 g/mol. The maximum atomic E-state index is 12.9. The summed E-state index contributed by atoms with van der Waals surface area (Å²) in [6.07, 6.45) is 0.102. The fourth-order valence-electron chi connectivity index (χ4n) is 5.86. The third-order valence-corrected chi connectivity index (χ3v) is 8.47. The molecule has 176 valence electrons. The summed E-state index contributed by atoms with van der Waals surface area (Å²) in [4.78, 5) is 25.5. The van der Waals surface area contributed by atoms with Crippen molar-refractivity contribution < 1.29 is 33.3 Å². The highest BCUT2D eigenvalue weighted by Crippen LogP contribution is 2.63. The molecule has 0 aromatic carbocycles. The van der Waals surface area contributed by atoms with Gasteiger partial charge in [-0.05, 0) is 39.2 Å². The molecule has 0 radical (unpaired) electrons. The Hall–Kier alpha value is -1.70. The number of rotatable bonds is 6. The van der Waals surface area contributed by atoms with E-state index in [0.29, 0.717) is 24.5 Å². The lowest BCUT2D eigenvalue weighted by Crippen LogP contribution is -2.41. The standard InChI is InChI=1S/C25H34O7/c1-8-11(2)10-28-20-16-12(3)9-15(29-23(27)24(6)14(5)31-24)17-13(4)22(26)30-19(17)18(16)25(7)21(20)32-25/h11,14-15,17-21H,4,8-10H2,1-3,5-7H3/t11?,14?,15-,17-,18+,19+,20-,21-,24?,25+/m0/s1. The molecule has 7 nitrogen and oxygen atoms in total. The number of ether oxygens (including phenoxy) is 5. The summed E-state index contributed by atoms with van der Waals surface area (Å²) in [7, 11) is 0. The lowest BCUT2D eigenvalue weighted by molar-refractivity contribution is -0.158. The molecule has 32 heavy (non-hydrogen) atoms. The van der Waals surface area contributed by atoms with Crippen molar-refractivity contribution >= 4 is 11.9 Å². The topological polar surface area (TPSA) is 86.9 Å². The lowest BCUT2D eigenvalue weighted by atomic mass is 9.80. The van der Waals surface area contributed by atoms with E-state index >= 15 is 0 Å². The first-order valence-electron chi connectivity index (χ1n) is 11.8. The number of hydrogen-bond acceptors (Lipinski definition) is 7. The minimum absolute atomic E-state index is 0.0477. The molecule has 2 aliphatic carbocycles. The summed E-state index contributed by atoms with van der Waals surface area (Å²) in [5, 5.41) is 0. The molecule has 10 atom stereocenters. The Bertz CT molecular complexity index is 908. The van der Waals surface area contributed by atoms with Crippen LogP contribution in [0.3, 0.4) is 0 Å². The number of fused-ring (bicyclic) bond motifs is 5. The molecule has 0 amide bonds. The zero-order valence-electron chi connectivity index (χ0n) is 19.8. The van der Waals surface area contributed by atoms with E-state index in [1.165, 1.54) is 0 Å². The SMILES string of the molecule is C=C1C(=O)O[C@@H]2[C@@H]1[C@@H](OC(=O)C1(C)OC1C)CC(C)=C1[C@H]2[C@@]2(C)O[C@H]2[C@H]1OCC(C)CC. The predicted octanol–water partition coefficient (Wildman–Crippen LogP) is 3.11. The van der Waals surface area contributed by atoms with Crippen LogP contribution in [0.1, 0.15) is 54.4 Å². The van der Waals surface area contributed by atoms with Crippen molar-refractivity contribution in [3.63, 3.8) is 0 Å². The van der Waals surface area contributed by atoms with Crippen molar-refractivity contribution in [1.82, 2.24) is 0 Å². The van der Waals surface area contributed by atoms with E-state index in [1.807, 2.05) is 6.92 Å². The summed E-state index contributed by atoms with van der Waals surface area (Å²) in [6.45, 7) is 16.7. The molecule has 3 aliphatic heterocycles. The molecule has 5 aliphatic rings. The van der Waals surface area contributed by atoms with Gasteiger partial charge < -0.3 is 23.7 Å². The van der Waals surface area contributed by atoms with Crippen LogP contribution in [0.4, 0.5) is 0 Å². The molecule has 7 heteroatoms. The van der Waals surface area contributed by atoms with Crippen molar-refractivity contribution in [3.05, 3.63) is 23.3 Å². The molecule has 0 bridgehead atoms. The molecule has 0 aromatic heterocycles. The van der Waals surface area contributed by atoms with Crippen LogP contribution in [0.15, 0.2) is 23.3 Å². The van der Waals surface area contributed by atoms with Crippen LogP contribution in [-0.2, 0) is 33.3 Å². The first-order valence-corrected chi connectivity index (χ1v) is 11.8. The second-order valence-corrected chi connectivity index (χ2v) is 10.6. The van der Waals surface area contributed by atoms with Gasteiger partial charge in [-0.15, -0.1) is 0 Å². The van der Waals surface area contributed by atoms with Crippen LogP contribution in [-0.4, -0.2) is 60.3 Å².